The highest BCUT2D eigenvalue weighted by molar-refractivity contribution is 5.96. The van der Waals surface area contributed by atoms with Gasteiger partial charge in [-0.05, 0) is 83.6 Å². The lowest BCUT2D eigenvalue weighted by molar-refractivity contribution is -0.145. The van der Waals surface area contributed by atoms with Crippen LogP contribution in [0.3, 0.4) is 0 Å². The lowest BCUT2D eigenvalue weighted by atomic mass is 10.0. The van der Waals surface area contributed by atoms with E-state index in [0.29, 0.717) is 24.3 Å². The van der Waals surface area contributed by atoms with Crippen LogP contribution in [0.4, 0.5) is 26.6 Å². The summed E-state index contributed by atoms with van der Waals surface area (Å²) in [6, 6.07) is 5.44. The van der Waals surface area contributed by atoms with Crippen molar-refractivity contribution in [3.8, 4) is 5.88 Å². The van der Waals surface area contributed by atoms with Crippen molar-refractivity contribution >= 4 is 41.3 Å². The van der Waals surface area contributed by atoms with Crippen LogP contribution in [-0.2, 0) is 19.1 Å². The van der Waals surface area contributed by atoms with E-state index < -0.39 is 53.2 Å². The Kier molecular flexibility index (Phi) is 10.9. The van der Waals surface area contributed by atoms with Gasteiger partial charge in [0.1, 0.15) is 41.0 Å². The molecule has 14 nitrogen and oxygen atoms in total. The van der Waals surface area contributed by atoms with E-state index in [1.807, 2.05) is 12.2 Å². The van der Waals surface area contributed by atoms with E-state index in [9.17, 15) is 28.7 Å². The quantitative estimate of drug-likeness (QED) is 0.292. The number of nitrogens with one attached hydrogen (secondary N) is 3. The highest BCUT2D eigenvalue weighted by Gasteiger charge is 2.61. The Morgan fingerprint density at radius 2 is 1.81 bits per heavy atom. The van der Waals surface area contributed by atoms with E-state index in [1.165, 1.54) is 17.0 Å². The lowest BCUT2D eigenvalue weighted by Gasteiger charge is -2.30. The van der Waals surface area contributed by atoms with Crippen LogP contribution in [0.2, 0.25) is 0 Å². The number of carbonyl (C=O) groups is 4. The monoisotopic (exact) mass is 721 g/mol. The molecule has 3 aliphatic heterocycles. The summed E-state index contributed by atoms with van der Waals surface area (Å²) in [6.45, 7) is 6.77. The van der Waals surface area contributed by atoms with Gasteiger partial charge in [0.15, 0.2) is 0 Å². The molecule has 280 valence electrons. The Morgan fingerprint density at radius 1 is 1.06 bits per heavy atom. The van der Waals surface area contributed by atoms with E-state index in [1.54, 1.807) is 39.0 Å². The average molecular weight is 722 g/mol. The molecule has 2 saturated heterocycles. The maximum absolute atomic E-state index is 14.3. The molecule has 0 radical (unpaired) electrons. The van der Waals surface area contributed by atoms with Crippen LogP contribution < -0.4 is 25.6 Å². The number of amides is 3. The minimum atomic E-state index is -1.46. The van der Waals surface area contributed by atoms with Gasteiger partial charge in [-0.1, -0.05) is 25.0 Å². The van der Waals surface area contributed by atoms with Gasteiger partial charge in [-0.25, -0.2) is 14.0 Å². The number of aliphatic carboxylic acids is 1. The Balaban J connectivity index is 1.28. The largest absolute Gasteiger partial charge is 0.479 e. The van der Waals surface area contributed by atoms with Crippen LogP contribution >= 0.6 is 0 Å². The zero-order valence-electron chi connectivity index (χ0n) is 29.9. The molecule has 4 heterocycles. The lowest BCUT2D eigenvalue weighted by Crippen LogP contribution is -2.56. The molecule has 4 aliphatic rings. The molecule has 4 N–H and O–H groups in total. The molecular weight excluding hydrogens is 673 g/mol. The highest BCUT2D eigenvalue weighted by atomic mass is 19.1. The van der Waals surface area contributed by atoms with Gasteiger partial charge in [-0.2, -0.15) is 9.97 Å². The highest BCUT2D eigenvalue weighted by Crippen LogP contribution is 2.45. The number of alkyl carbamates (subject to hydrolysis) is 1. The predicted molar refractivity (Wildman–Crippen MR) is 190 cm³/mol. The molecule has 6 rings (SSSR count). The molecule has 3 amide bonds. The number of carboxylic acids is 1. The first-order valence-corrected chi connectivity index (χ1v) is 18.1. The van der Waals surface area contributed by atoms with Crippen molar-refractivity contribution in [2.24, 2.45) is 5.92 Å². The number of nitrogens with zero attached hydrogens (tertiary/aromatic N) is 4. The van der Waals surface area contributed by atoms with Crippen LogP contribution in [0.15, 0.2) is 42.5 Å². The molecule has 0 bridgehead atoms. The van der Waals surface area contributed by atoms with Crippen molar-refractivity contribution in [2.75, 3.05) is 29.9 Å². The molecule has 1 aromatic carbocycles. The van der Waals surface area contributed by atoms with E-state index in [0.717, 1.165) is 45.2 Å². The van der Waals surface area contributed by atoms with Crippen molar-refractivity contribution in [1.82, 2.24) is 25.5 Å². The fourth-order valence-corrected chi connectivity index (χ4v) is 7.07. The second-order valence-electron chi connectivity index (χ2n) is 15.0. The maximum Gasteiger partial charge on any atom is 0.408 e. The Bertz CT molecular complexity index is 1680. The van der Waals surface area contributed by atoms with E-state index >= 15 is 0 Å². The number of anilines is 3. The summed E-state index contributed by atoms with van der Waals surface area (Å²) >= 11 is 0. The minimum Gasteiger partial charge on any atom is -0.479 e. The number of aromatic nitrogens is 2. The number of benzene rings is 1. The van der Waals surface area contributed by atoms with Gasteiger partial charge in [0, 0.05) is 37.2 Å². The summed E-state index contributed by atoms with van der Waals surface area (Å²) in [7, 11) is 0. The van der Waals surface area contributed by atoms with E-state index in [2.05, 4.69) is 30.8 Å². The minimum absolute atomic E-state index is 0.0173. The fourth-order valence-electron chi connectivity index (χ4n) is 7.07. The number of ether oxygens (including phenoxy) is 2. The molecule has 0 unspecified atom stereocenters. The number of fused-ring (bicyclic) bond motifs is 2. The molecule has 2 aromatic rings. The Labute approximate surface area is 302 Å². The standard InChI is InChI=1S/C37H48FN7O7/c1-36(2,3)52-35(50)40-27-12-8-6-4-5-7-11-23-21-37(23,33(48)49)43-31(46)28-19-26(22-45(28)32(27)47)51-30-20-29(44-17-9-10-18-44)41-34(42-30)39-25-15-13-24(38)14-16-25/h7,11,13-16,20,23,26-28H,4-6,8-10,12,17-19,21-22H2,1-3H3,(H,40,50)(H,43,46)(H,48,49)(H,39,41,42)/t23-,26-,27+,28+,37-/m1/s1. The van der Waals surface area contributed by atoms with Gasteiger partial charge in [0.25, 0.3) is 0 Å². The third kappa shape index (κ3) is 8.91. The SMILES string of the molecule is CC(C)(C)OC(=O)N[C@H]1CCCCCC=C[C@@H]2C[C@@]2(C(=O)O)NC(=O)[C@@H]2C[C@@H](Oc3cc(N4CCCC4)nc(Nc4ccc(F)cc4)n3)CN2C1=O. The third-order valence-electron chi connectivity index (χ3n) is 9.82. The molecular formula is C37H48FN7O7. The summed E-state index contributed by atoms with van der Waals surface area (Å²) in [4.78, 5) is 66.5. The summed E-state index contributed by atoms with van der Waals surface area (Å²) in [5.41, 5.74) is -1.69. The first-order valence-electron chi connectivity index (χ1n) is 18.1. The van der Waals surface area contributed by atoms with Crippen LogP contribution in [0, 0.1) is 11.7 Å². The van der Waals surface area contributed by atoms with Gasteiger partial charge in [0.2, 0.25) is 23.6 Å². The zero-order valence-corrected chi connectivity index (χ0v) is 29.9. The molecule has 15 heteroatoms. The molecule has 1 aliphatic carbocycles. The van der Waals surface area contributed by atoms with Crippen molar-refractivity contribution < 1.29 is 38.1 Å². The van der Waals surface area contributed by atoms with Crippen molar-refractivity contribution in [3.63, 3.8) is 0 Å². The van der Waals surface area contributed by atoms with Crippen LogP contribution in [-0.4, -0.2) is 92.8 Å². The Morgan fingerprint density at radius 3 is 2.52 bits per heavy atom. The van der Waals surface area contributed by atoms with Crippen LogP contribution in [0.1, 0.15) is 78.6 Å². The summed E-state index contributed by atoms with van der Waals surface area (Å²) < 4.78 is 25.5. The number of allylic oxidation sites excluding steroid dienone is 1. The molecule has 5 atom stereocenters. The van der Waals surface area contributed by atoms with Crippen molar-refractivity contribution in [3.05, 3.63) is 48.3 Å². The number of hydrogen-bond acceptors (Lipinski definition) is 10. The first-order chi connectivity index (χ1) is 24.8. The van der Waals surface area contributed by atoms with Crippen molar-refractivity contribution in [1.29, 1.82) is 0 Å². The zero-order chi connectivity index (χ0) is 37.0. The maximum atomic E-state index is 14.3. The molecule has 1 saturated carbocycles. The third-order valence-corrected chi connectivity index (χ3v) is 9.82. The fraction of sp³-hybridized carbons (Fsp3) is 0.568. The van der Waals surface area contributed by atoms with Crippen LogP contribution in [0.25, 0.3) is 0 Å². The summed E-state index contributed by atoms with van der Waals surface area (Å²) in [5, 5.41) is 18.8. The topological polar surface area (TPSA) is 175 Å². The molecule has 52 heavy (non-hydrogen) atoms. The molecule has 0 spiro atoms. The first kappa shape index (κ1) is 36.8. The normalized spacial score (nSPS) is 26.7. The summed E-state index contributed by atoms with van der Waals surface area (Å²) in [6.07, 6.45) is 7.95. The molecule has 3 fully saturated rings. The second kappa shape index (κ2) is 15.3. The number of rotatable bonds is 7. The van der Waals surface area contributed by atoms with Gasteiger partial charge in [-0.15, -0.1) is 0 Å². The number of carboxylic acid groups (broad SMARTS) is 1. The van der Waals surface area contributed by atoms with Gasteiger partial charge < -0.3 is 40.3 Å². The Hall–Kier alpha value is -4.95. The number of carbonyl (C=O) groups excluding carboxylic acids is 3. The van der Waals surface area contributed by atoms with Gasteiger partial charge >= 0.3 is 12.1 Å². The molecule has 1 aromatic heterocycles. The van der Waals surface area contributed by atoms with E-state index in [-0.39, 0.29) is 42.9 Å². The van der Waals surface area contributed by atoms with Crippen LogP contribution in [0.5, 0.6) is 5.88 Å². The average Bonchev–Trinajstić information content (AvgIpc) is 3.39. The number of hydrogen-bond donors (Lipinski definition) is 4. The van der Waals surface area contributed by atoms with Gasteiger partial charge in [-0.3, -0.25) is 9.59 Å². The van der Waals surface area contributed by atoms with E-state index in [4.69, 9.17) is 9.47 Å². The van der Waals surface area contributed by atoms with Crippen molar-refractivity contribution in [2.45, 2.75) is 108 Å². The second-order valence-corrected chi connectivity index (χ2v) is 15.0. The smallest absolute Gasteiger partial charge is 0.408 e. The predicted octanol–water partition coefficient (Wildman–Crippen LogP) is 4.68. The number of halogens is 1. The summed E-state index contributed by atoms with van der Waals surface area (Å²) in [5.74, 6) is -1.91. The van der Waals surface area contributed by atoms with Gasteiger partial charge in [0.05, 0.1) is 6.54 Å².